The fourth-order valence-corrected chi connectivity index (χ4v) is 3.29. The van der Waals surface area contributed by atoms with Crippen LogP contribution in [0.25, 0.3) is 0 Å². The maximum absolute atomic E-state index is 3.69. The Kier molecular flexibility index (Phi) is 5.63. The van der Waals surface area contributed by atoms with E-state index < -0.39 is 0 Å². The average Bonchev–Trinajstić information content (AvgIpc) is 2.91. The minimum atomic E-state index is 0.539. The number of hydrogen-bond acceptors (Lipinski definition) is 4. The van der Waals surface area contributed by atoms with E-state index in [4.69, 9.17) is 0 Å². The Labute approximate surface area is 115 Å². The normalized spacial score (nSPS) is 20.1. The molecule has 0 bridgehead atoms. The van der Waals surface area contributed by atoms with Crippen LogP contribution in [0.2, 0.25) is 0 Å². The molecular formula is C14H25N3S. The van der Waals surface area contributed by atoms with Gasteiger partial charge in [0.05, 0.1) is 0 Å². The van der Waals surface area contributed by atoms with Gasteiger partial charge in [0.15, 0.2) is 0 Å². The van der Waals surface area contributed by atoms with Gasteiger partial charge in [0.1, 0.15) is 0 Å². The second-order valence-corrected chi connectivity index (χ2v) is 6.05. The van der Waals surface area contributed by atoms with E-state index in [1.165, 1.54) is 44.0 Å². The molecule has 4 heteroatoms. The molecule has 18 heavy (non-hydrogen) atoms. The van der Waals surface area contributed by atoms with Crippen molar-refractivity contribution in [3.8, 4) is 0 Å². The zero-order chi connectivity index (χ0) is 12.8. The first-order chi connectivity index (χ1) is 8.79. The highest BCUT2D eigenvalue weighted by atomic mass is 32.1. The quantitative estimate of drug-likeness (QED) is 0.851. The summed E-state index contributed by atoms with van der Waals surface area (Å²) in [4.78, 5) is 6.44. The van der Waals surface area contributed by atoms with Crippen molar-refractivity contribution in [2.24, 2.45) is 0 Å². The Morgan fingerprint density at radius 1 is 1.33 bits per heavy atom. The largest absolute Gasteiger partial charge is 0.308 e. The number of nitrogens with zero attached hydrogens (tertiary/aromatic N) is 2. The van der Waals surface area contributed by atoms with Gasteiger partial charge in [-0.3, -0.25) is 4.90 Å². The van der Waals surface area contributed by atoms with Crippen LogP contribution >= 0.6 is 11.3 Å². The maximum atomic E-state index is 3.69. The highest BCUT2D eigenvalue weighted by Gasteiger charge is 2.14. The first-order valence-electron chi connectivity index (χ1n) is 6.97. The number of rotatable bonds is 6. The molecule has 0 spiro atoms. The molecule has 0 saturated carbocycles. The molecule has 1 aromatic heterocycles. The third-order valence-corrected chi connectivity index (χ3v) is 4.70. The Hall–Kier alpha value is -0.420. The third-order valence-electron chi connectivity index (χ3n) is 3.71. The van der Waals surface area contributed by atoms with Crippen molar-refractivity contribution in [2.45, 2.75) is 19.4 Å². The molecule has 0 aliphatic carbocycles. The van der Waals surface area contributed by atoms with Crippen LogP contribution in [-0.2, 0) is 0 Å². The van der Waals surface area contributed by atoms with E-state index in [1.807, 2.05) is 11.3 Å². The summed E-state index contributed by atoms with van der Waals surface area (Å²) in [7, 11) is 2.21. The smallest absolute Gasteiger partial charge is 0.0412 e. The predicted octanol–water partition coefficient (Wildman–Crippen LogP) is 2.04. The summed E-state index contributed by atoms with van der Waals surface area (Å²) in [6, 6.07) is 4.92. The average molecular weight is 267 g/mol. The fourth-order valence-electron chi connectivity index (χ4n) is 2.40. The first kappa shape index (κ1) is 14.0. The lowest BCUT2D eigenvalue weighted by molar-refractivity contribution is 0.153. The molecule has 0 amide bonds. The highest BCUT2D eigenvalue weighted by molar-refractivity contribution is 7.10. The van der Waals surface area contributed by atoms with Crippen LogP contribution < -0.4 is 5.32 Å². The second kappa shape index (κ2) is 7.24. The van der Waals surface area contributed by atoms with Crippen LogP contribution in [0.3, 0.4) is 0 Å². The molecule has 3 nitrogen and oxygen atoms in total. The molecule has 0 aromatic carbocycles. The highest BCUT2D eigenvalue weighted by Crippen LogP contribution is 2.21. The van der Waals surface area contributed by atoms with E-state index in [0.29, 0.717) is 6.04 Å². The van der Waals surface area contributed by atoms with Crippen molar-refractivity contribution >= 4 is 11.3 Å². The number of hydrogen-bond donors (Lipinski definition) is 1. The second-order valence-electron chi connectivity index (χ2n) is 5.08. The number of nitrogens with one attached hydrogen (secondary N) is 1. The van der Waals surface area contributed by atoms with Crippen molar-refractivity contribution in [3.05, 3.63) is 22.4 Å². The zero-order valence-corrected chi connectivity index (χ0v) is 12.4. The standard InChI is InChI=1S/C14H25N3S/c1-3-13(14-5-4-12-18-14)15-6-7-17-10-8-16(2)9-11-17/h4-5,12-13,15H,3,6-11H2,1-2H3. The SMILES string of the molecule is CCC(NCCN1CCN(C)CC1)c1cccs1. The van der Waals surface area contributed by atoms with Crippen LogP contribution in [0.5, 0.6) is 0 Å². The van der Waals surface area contributed by atoms with Crippen molar-refractivity contribution in [3.63, 3.8) is 0 Å². The maximum Gasteiger partial charge on any atom is 0.0412 e. The molecule has 1 fully saturated rings. The van der Waals surface area contributed by atoms with E-state index in [9.17, 15) is 0 Å². The van der Waals surface area contributed by atoms with Crippen molar-refractivity contribution in [1.82, 2.24) is 15.1 Å². The van der Waals surface area contributed by atoms with Crippen LogP contribution in [0, 0.1) is 0 Å². The van der Waals surface area contributed by atoms with Crippen LogP contribution in [0.1, 0.15) is 24.3 Å². The van der Waals surface area contributed by atoms with Gasteiger partial charge in [-0.05, 0) is 24.9 Å². The van der Waals surface area contributed by atoms with Gasteiger partial charge in [0.2, 0.25) is 0 Å². The molecule has 2 heterocycles. The summed E-state index contributed by atoms with van der Waals surface area (Å²) in [5.41, 5.74) is 0. The van der Waals surface area contributed by atoms with E-state index in [-0.39, 0.29) is 0 Å². The van der Waals surface area contributed by atoms with Gasteiger partial charge in [-0.25, -0.2) is 0 Å². The topological polar surface area (TPSA) is 18.5 Å². The summed E-state index contributed by atoms with van der Waals surface area (Å²) in [5.74, 6) is 0. The van der Waals surface area contributed by atoms with Gasteiger partial charge in [-0.2, -0.15) is 0 Å². The summed E-state index contributed by atoms with van der Waals surface area (Å²) in [6.45, 7) is 9.38. The lowest BCUT2D eigenvalue weighted by atomic mass is 10.2. The Morgan fingerprint density at radius 2 is 2.11 bits per heavy atom. The Balaban J connectivity index is 1.68. The summed E-state index contributed by atoms with van der Waals surface area (Å²) >= 11 is 1.86. The minimum Gasteiger partial charge on any atom is -0.308 e. The van der Waals surface area contributed by atoms with Crippen LogP contribution in [-0.4, -0.2) is 56.1 Å². The third kappa shape index (κ3) is 4.05. The van der Waals surface area contributed by atoms with Gasteiger partial charge in [0, 0.05) is 50.2 Å². The Bertz CT molecular complexity index is 318. The van der Waals surface area contributed by atoms with Crippen molar-refractivity contribution in [2.75, 3.05) is 46.3 Å². The molecule has 1 atom stereocenters. The zero-order valence-electron chi connectivity index (χ0n) is 11.6. The van der Waals surface area contributed by atoms with E-state index >= 15 is 0 Å². The van der Waals surface area contributed by atoms with Crippen molar-refractivity contribution < 1.29 is 0 Å². The number of likely N-dealkylation sites (N-methyl/N-ethyl adjacent to an activating group) is 1. The lowest BCUT2D eigenvalue weighted by Crippen LogP contribution is -2.46. The van der Waals surface area contributed by atoms with Crippen molar-refractivity contribution in [1.29, 1.82) is 0 Å². The summed E-state index contributed by atoms with van der Waals surface area (Å²) < 4.78 is 0. The predicted molar refractivity (Wildman–Crippen MR) is 79.3 cm³/mol. The van der Waals surface area contributed by atoms with Gasteiger partial charge in [-0.15, -0.1) is 11.3 Å². The molecule has 1 aliphatic heterocycles. The fraction of sp³-hybridized carbons (Fsp3) is 0.714. The molecule has 1 N–H and O–H groups in total. The van der Waals surface area contributed by atoms with E-state index in [2.05, 4.69) is 46.6 Å². The summed E-state index contributed by atoms with van der Waals surface area (Å²) in [5, 5.41) is 5.85. The van der Waals surface area contributed by atoms with Gasteiger partial charge in [-0.1, -0.05) is 13.0 Å². The van der Waals surface area contributed by atoms with Crippen LogP contribution in [0.15, 0.2) is 17.5 Å². The molecule has 1 saturated heterocycles. The molecular weight excluding hydrogens is 242 g/mol. The molecule has 1 aromatic rings. The number of piperazine rings is 1. The van der Waals surface area contributed by atoms with Gasteiger partial charge < -0.3 is 10.2 Å². The summed E-state index contributed by atoms with van der Waals surface area (Å²) in [6.07, 6.45) is 1.17. The van der Waals surface area contributed by atoms with E-state index in [1.54, 1.807) is 0 Å². The van der Waals surface area contributed by atoms with E-state index in [0.717, 1.165) is 6.54 Å². The number of thiophene rings is 1. The minimum absolute atomic E-state index is 0.539. The van der Waals surface area contributed by atoms with Crippen LogP contribution in [0.4, 0.5) is 0 Å². The molecule has 1 unspecified atom stereocenters. The first-order valence-corrected chi connectivity index (χ1v) is 7.85. The molecule has 2 rings (SSSR count). The molecule has 102 valence electrons. The Morgan fingerprint density at radius 3 is 2.72 bits per heavy atom. The monoisotopic (exact) mass is 267 g/mol. The van der Waals surface area contributed by atoms with Gasteiger partial charge >= 0.3 is 0 Å². The van der Waals surface area contributed by atoms with Gasteiger partial charge in [0.25, 0.3) is 0 Å². The molecule has 1 aliphatic rings. The lowest BCUT2D eigenvalue weighted by Gasteiger charge is -2.32. The molecule has 0 radical (unpaired) electrons.